The van der Waals surface area contributed by atoms with Crippen LogP contribution in [0.15, 0.2) is 27.5 Å². The molecule has 0 aliphatic heterocycles. The summed E-state index contributed by atoms with van der Waals surface area (Å²) in [6.07, 6.45) is 0. The van der Waals surface area contributed by atoms with E-state index in [1.807, 2.05) is 32.0 Å². The fourth-order valence-corrected chi connectivity index (χ4v) is 1.75. The van der Waals surface area contributed by atoms with Gasteiger partial charge in [0, 0.05) is 4.47 Å². The van der Waals surface area contributed by atoms with Gasteiger partial charge in [0.1, 0.15) is 0 Å². The van der Waals surface area contributed by atoms with Gasteiger partial charge in [-0.25, -0.2) is 4.79 Å². The van der Waals surface area contributed by atoms with E-state index in [1.165, 1.54) is 4.34 Å². The predicted octanol–water partition coefficient (Wildman–Crippen LogP) is 2.76. The van der Waals surface area contributed by atoms with Crippen molar-refractivity contribution in [2.45, 2.75) is 13.8 Å². The van der Waals surface area contributed by atoms with Crippen molar-refractivity contribution in [3.8, 4) is 0 Å². The summed E-state index contributed by atoms with van der Waals surface area (Å²) in [5.41, 5.74) is 1.60. The van der Waals surface area contributed by atoms with Crippen molar-refractivity contribution >= 4 is 36.4 Å². The number of hydrogen-bond acceptors (Lipinski definition) is 1. The Morgan fingerprint density at radius 3 is 2.71 bits per heavy atom. The van der Waals surface area contributed by atoms with Crippen molar-refractivity contribution in [2.75, 3.05) is 0 Å². The van der Waals surface area contributed by atoms with Crippen LogP contribution in [0.4, 0.5) is 0 Å². The first-order chi connectivity index (χ1) is 6.68. The summed E-state index contributed by atoms with van der Waals surface area (Å²) in [5, 5.41) is 0. The molecule has 0 radical (unpaired) electrons. The minimum Gasteiger partial charge on any atom is -0.305 e. The van der Waals surface area contributed by atoms with Gasteiger partial charge < -0.3 is 4.98 Å². The van der Waals surface area contributed by atoms with Crippen molar-refractivity contribution in [1.82, 2.24) is 9.32 Å². The van der Waals surface area contributed by atoms with E-state index in [-0.39, 0.29) is 5.69 Å². The molecular formula is C9H12BrN2OP. The monoisotopic (exact) mass is 274 g/mol. The number of aromatic amines is 1. The van der Waals surface area contributed by atoms with Gasteiger partial charge in [-0.1, -0.05) is 29.8 Å². The second-order valence-electron chi connectivity index (χ2n) is 2.46. The average Bonchev–Trinajstić information content (AvgIpc) is 2.45. The molecule has 0 bridgehead atoms. The number of H-pyrrole nitrogens is 1. The minimum atomic E-state index is -0.117. The van der Waals surface area contributed by atoms with Crippen LogP contribution in [0.2, 0.25) is 0 Å². The van der Waals surface area contributed by atoms with Crippen LogP contribution in [0.1, 0.15) is 13.8 Å². The Balaban J connectivity index is 0.000000461. The quantitative estimate of drug-likeness (QED) is 0.737. The number of nitrogens with one attached hydrogen (secondary N) is 1. The summed E-state index contributed by atoms with van der Waals surface area (Å²) in [7, 11) is 2.36. The number of hydrogen-bond donors (Lipinski definition) is 1. The summed E-state index contributed by atoms with van der Waals surface area (Å²) in [4.78, 5) is 13.8. The molecule has 0 fully saturated rings. The van der Waals surface area contributed by atoms with Crippen molar-refractivity contribution in [3.63, 3.8) is 0 Å². The van der Waals surface area contributed by atoms with Gasteiger partial charge in [0.2, 0.25) is 0 Å². The number of imidazole rings is 1. The zero-order valence-corrected chi connectivity index (χ0v) is 10.8. The van der Waals surface area contributed by atoms with Gasteiger partial charge in [0.05, 0.1) is 11.0 Å². The number of fused-ring (bicyclic) bond motifs is 1. The average molecular weight is 275 g/mol. The molecule has 0 amide bonds. The van der Waals surface area contributed by atoms with Crippen LogP contribution in [-0.2, 0) is 0 Å². The highest BCUT2D eigenvalue weighted by atomic mass is 79.9. The largest absolute Gasteiger partial charge is 0.329 e. The Hall–Kier alpha value is -0.600. The van der Waals surface area contributed by atoms with Crippen molar-refractivity contribution in [1.29, 1.82) is 0 Å². The Bertz CT molecular complexity index is 489. The highest BCUT2D eigenvalue weighted by molar-refractivity contribution is 9.10. The summed E-state index contributed by atoms with van der Waals surface area (Å²) in [5.74, 6) is 0. The van der Waals surface area contributed by atoms with Gasteiger partial charge in [-0.2, -0.15) is 0 Å². The number of halogens is 1. The lowest BCUT2D eigenvalue weighted by molar-refractivity contribution is 1.15. The summed E-state index contributed by atoms with van der Waals surface area (Å²) in [6, 6.07) is 5.65. The molecule has 2 rings (SSSR count). The van der Waals surface area contributed by atoms with Gasteiger partial charge in [-0.3, -0.25) is 4.34 Å². The molecule has 1 heterocycles. The van der Waals surface area contributed by atoms with Gasteiger partial charge >= 0.3 is 5.69 Å². The van der Waals surface area contributed by atoms with Crippen molar-refractivity contribution < 1.29 is 0 Å². The molecule has 1 aromatic heterocycles. The Morgan fingerprint density at radius 1 is 1.43 bits per heavy atom. The topological polar surface area (TPSA) is 37.8 Å². The molecule has 76 valence electrons. The fourth-order valence-electron chi connectivity index (χ4n) is 1.10. The summed E-state index contributed by atoms with van der Waals surface area (Å²) < 4.78 is 2.46. The molecule has 5 heteroatoms. The maximum atomic E-state index is 11.1. The Kier molecular flexibility index (Phi) is 3.90. The van der Waals surface area contributed by atoms with E-state index in [2.05, 4.69) is 30.3 Å². The second-order valence-corrected chi connectivity index (χ2v) is 3.89. The zero-order valence-electron chi connectivity index (χ0n) is 8.04. The van der Waals surface area contributed by atoms with E-state index in [1.54, 1.807) is 0 Å². The van der Waals surface area contributed by atoms with E-state index in [0.29, 0.717) is 0 Å². The van der Waals surface area contributed by atoms with E-state index in [9.17, 15) is 4.79 Å². The third-order valence-electron chi connectivity index (χ3n) is 1.68. The van der Waals surface area contributed by atoms with Crippen LogP contribution >= 0.6 is 25.3 Å². The predicted molar refractivity (Wildman–Crippen MR) is 66.7 cm³/mol. The van der Waals surface area contributed by atoms with Crippen LogP contribution in [0, 0.1) is 0 Å². The molecule has 0 spiro atoms. The molecule has 0 aliphatic rings. The standard InChI is InChI=1S/C7H6BrN2OP.C2H6/c8-4-1-2-6-5(3-4)9-7(11)10(6)12;1-2/h1-3H,12H2,(H,9,11);1-2H3. The van der Waals surface area contributed by atoms with Gasteiger partial charge in [-0.15, -0.1) is 0 Å². The Labute approximate surface area is 92.9 Å². The molecule has 0 aliphatic carbocycles. The highest BCUT2D eigenvalue weighted by Crippen LogP contribution is 2.17. The van der Waals surface area contributed by atoms with Crippen LogP contribution in [0.25, 0.3) is 11.0 Å². The third-order valence-corrected chi connectivity index (χ3v) is 2.68. The van der Waals surface area contributed by atoms with Gasteiger partial charge in [0.15, 0.2) is 0 Å². The van der Waals surface area contributed by atoms with Crippen LogP contribution in [-0.4, -0.2) is 9.32 Å². The molecule has 2 aromatic rings. The number of aromatic nitrogens is 2. The molecule has 3 nitrogen and oxygen atoms in total. The first kappa shape index (κ1) is 11.5. The van der Waals surface area contributed by atoms with Crippen LogP contribution < -0.4 is 5.69 Å². The van der Waals surface area contributed by atoms with Crippen molar-refractivity contribution in [2.24, 2.45) is 0 Å². The molecule has 1 atom stereocenters. The van der Waals surface area contributed by atoms with Crippen molar-refractivity contribution in [3.05, 3.63) is 33.2 Å². The maximum absolute atomic E-state index is 11.1. The smallest absolute Gasteiger partial charge is 0.305 e. The lowest BCUT2D eigenvalue weighted by Gasteiger charge is -1.92. The number of benzene rings is 1. The number of nitrogens with zero attached hydrogens (tertiary/aromatic N) is 1. The first-order valence-electron chi connectivity index (χ1n) is 4.34. The van der Waals surface area contributed by atoms with E-state index in [0.717, 1.165) is 15.5 Å². The zero-order chi connectivity index (χ0) is 10.7. The lowest BCUT2D eigenvalue weighted by Crippen LogP contribution is -2.06. The normalized spacial score (nSPS) is 9.71. The summed E-state index contributed by atoms with van der Waals surface area (Å²) in [6.45, 7) is 4.00. The highest BCUT2D eigenvalue weighted by Gasteiger charge is 2.01. The molecule has 14 heavy (non-hydrogen) atoms. The van der Waals surface area contributed by atoms with Crippen LogP contribution in [0.5, 0.6) is 0 Å². The molecular weight excluding hydrogens is 263 g/mol. The molecule has 1 N–H and O–H groups in total. The van der Waals surface area contributed by atoms with Gasteiger partial charge in [-0.05, 0) is 27.6 Å². The Morgan fingerprint density at radius 2 is 2.07 bits per heavy atom. The van der Waals surface area contributed by atoms with E-state index < -0.39 is 0 Å². The van der Waals surface area contributed by atoms with Gasteiger partial charge in [0.25, 0.3) is 0 Å². The summed E-state index contributed by atoms with van der Waals surface area (Å²) >= 11 is 3.33. The SMILES string of the molecule is CC.O=c1[nH]c2cc(Br)ccc2n1P. The number of rotatable bonds is 0. The molecule has 0 saturated carbocycles. The van der Waals surface area contributed by atoms with E-state index in [4.69, 9.17) is 0 Å². The minimum absolute atomic E-state index is 0.117. The molecule has 1 unspecified atom stereocenters. The van der Waals surface area contributed by atoms with E-state index >= 15 is 0 Å². The maximum Gasteiger partial charge on any atom is 0.329 e. The fraction of sp³-hybridized carbons (Fsp3) is 0.222. The molecule has 0 saturated heterocycles. The molecule has 1 aromatic carbocycles. The third kappa shape index (κ3) is 2.07. The lowest BCUT2D eigenvalue weighted by atomic mass is 10.3. The first-order valence-corrected chi connectivity index (χ1v) is 5.65. The van der Waals surface area contributed by atoms with Crippen LogP contribution in [0.3, 0.4) is 0 Å². The second kappa shape index (κ2) is 4.76.